The Morgan fingerprint density at radius 2 is 1.56 bits per heavy atom. The molecule has 0 unspecified atom stereocenters. The monoisotopic (exact) mass is 536 g/mol. The number of hydrogen-bond donors (Lipinski definition) is 1. The number of carboxylic acids is 1. The van der Waals surface area contributed by atoms with E-state index in [9.17, 15) is 14.4 Å². The van der Waals surface area contributed by atoms with E-state index in [0.717, 1.165) is 22.3 Å². The van der Waals surface area contributed by atoms with Gasteiger partial charge in [0.25, 0.3) is 0 Å². The highest BCUT2D eigenvalue weighted by molar-refractivity contribution is 5.79. The minimum absolute atomic E-state index is 0.0176. The summed E-state index contributed by atoms with van der Waals surface area (Å²) in [5.41, 5.74) is 3.83. The summed E-state index contributed by atoms with van der Waals surface area (Å²) in [5, 5.41) is 9.15. The van der Waals surface area contributed by atoms with Gasteiger partial charge in [-0.1, -0.05) is 55.5 Å². The van der Waals surface area contributed by atoms with Gasteiger partial charge in [0.2, 0.25) is 0 Å². The molecule has 0 radical (unpaired) electrons. The van der Waals surface area contributed by atoms with Crippen molar-refractivity contribution in [3.05, 3.63) is 59.7 Å². The molecule has 2 aliphatic rings. The second-order valence-electron chi connectivity index (χ2n) is 12.0. The van der Waals surface area contributed by atoms with Crippen molar-refractivity contribution in [1.29, 1.82) is 0 Å². The second-order valence-corrected chi connectivity index (χ2v) is 12.0. The Labute approximate surface area is 230 Å². The fraction of sp³-hybridized carbons (Fsp3) is 0.516. The summed E-state index contributed by atoms with van der Waals surface area (Å²) in [7, 11) is 0. The van der Waals surface area contributed by atoms with Gasteiger partial charge in [0.05, 0.1) is 0 Å². The van der Waals surface area contributed by atoms with Crippen molar-refractivity contribution >= 4 is 18.2 Å². The van der Waals surface area contributed by atoms with Crippen LogP contribution in [0.15, 0.2) is 48.5 Å². The van der Waals surface area contributed by atoms with Crippen molar-refractivity contribution < 1.29 is 29.0 Å². The summed E-state index contributed by atoms with van der Waals surface area (Å²) in [4.78, 5) is 40.4. The maximum absolute atomic E-state index is 13.4. The molecule has 2 amide bonds. The van der Waals surface area contributed by atoms with E-state index in [-0.39, 0.29) is 30.5 Å². The van der Waals surface area contributed by atoms with E-state index in [1.807, 2.05) is 45.0 Å². The molecule has 210 valence electrons. The molecule has 8 nitrogen and oxygen atoms in total. The highest BCUT2D eigenvalue weighted by Gasteiger charge is 2.37. The van der Waals surface area contributed by atoms with Crippen LogP contribution in [-0.2, 0) is 14.3 Å². The summed E-state index contributed by atoms with van der Waals surface area (Å²) < 4.78 is 11.4. The van der Waals surface area contributed by atoms with Crippen molar-refractivity contribution in [1.82, 2.24) is 9.80 Å². The van der Waals surface area contributed by atoms with Gasteiger partial charge in [-0.2, -0.15) is 0 Å². The molecule has 1 aliphatic heterocycles. The van der Waals surface area contributed by atoms with E-state index in [0.29, 0.717) is 45.4 Å². The summed E-state index contributed by atoms with van der Waals surface area (Å²) in [6, 6.07) is 16.4. The largest absolute Gasteiger partial charge is 0.481 e. The predicted octanol–water partition coefficient (Wildman–Crippen LogP) is 6.14. The minimum atomic E-state index is -0.889. The van der Waals surface area contributed by atoms with Gasteiger partial charge in [0, 0.05) is 38.5 Å². The second kappa shape index (κ2) is 11.7. The number of fused-ring (bicyclic) bond motifs is 3. The van der Waals surface area contributed by atoms with E-state index in [1.165, 1.54) is 0 Å². The van der Waals surface area contributed by atoms with Gasteiger partial charge < -0.3 is 24.4 Å². The molecule has 0 bridgehead atoms. The maximum atomic E-state index is 13.4. The molecule has 0 atom stereocenters. The molecule has 1 aliphatic carbocycles. The molecule has 39 heavy (non-hydrogen) atoms. The SMILES string of the molecule is CC1(CN(CCCC(=O)O)C(=O)OCC2c3ccccc3-c3ccccc32)CCN(C(=O)OC(C)(C)C)CC1. The molecule has 1 heterocycles. The fourth-order valence-electron chi connectivity index (χ4n) is 5.52. The number of aliphatic carboxylic acids is 1. The van der Waals surface area contributed by atoms with E-state index < -0.39 is 17.7 Å². The molecule has 0 aromatic heterocycles. The fourth-order valence-corrected chi connectivity index (χ4v) is 5.52. The number of benzene rings is 2. The summed E-state index contributed by atoms with van der Waals surface area (Å²) in [6.07, 6.45) is 0.990. The van der Waals surface area contributed by atoms with Gasteiger partial charge in [-0.05, 0) is 67.7 Å². The van der Waals surface area contributed by atoms with E-state index in [2.05, 4.69) is 31.2 Å². The number of rotatable bonds is 8. The predicted molar refractivity (Wildman–Crippen MR) is 149 cm³/mol. The van der Waals surface area contributed by atoms with Crippen molar-refractivity contribution in [3.63, 3.8) is 0 Å². The number of carbonyl (C=O) groups is 3. The molecule has 2 aromatic carbocycles. The molecular weight excluding hydrogens is 496 g/mol. The number of hydrogen-bond acceptors (Lipinski definition) is 5. The van der Waals surface area contributed by atoms with Crippen LogP contribution in [0.1, 0.15) is 70.4 Å². The minimum Gasteiger partial charge on any atom is -0.481 e. The van der Waals surface area contributed by atoms with Crippen LogP contribution in [0.2, 0.25) is 0 Å². The average Bonchev–Trinajstić information content (AvgIpc) is 3.19. The van der Waals surface area contributed by atoms with Gasteiger partial charge >= 0.3 is 18.2 Å². The summed E-state index contributed by atoms with van der Waals surface area (Å²) >= 11 is 0. The third-order valence-electron chi connectivity index (χ3n) is 7.61. The lowest BCUT2D eigenvalue weighted by Crippen LogP contribution is -2.49. The first-order valence-corrected chi connectivity index (χ1v) is 13.8. The number of nitrogens with zero attached hydrogens (tertiary/aromatic N) is 2. The topological polar surface area (TPSA) is 96.4 Å². The molecule has 0 saturated carbocycles. The molecule has 1 fully saturated rings. The standard InChI is InChI=1S/C31H40N2O6/c1-30(2,3)39-29(37)32-18-15-31(4,16-19-32)21-33(17-9-14-27(34)35)28(36)38-20-26-24-12-7-5-10-22(24)23-11-6-8-13-25(23)26/h5-8,10-13,26H,9,14-21H2,1-4H3,(H,34,35). The molecule has 0 spiro atoms. The van der Waals surface area contributed by atoms with Crippen LogP contribution in [0.3, 0.4) is 0 Å². The van der Waals surface area contributed by atoms with Gasteiger partial charge in [-0.25, -0.2) is 9.59 Å². The number of carbonyl (C=O) groups excluding carboxylic acids is 2. The lowest BCUT2D eigenvalue weighted by molar-refractivity contribution is -0.137. The van der Waals surface area contributed by atoms with Crippen molar-refractivity contribution in [3.8, 4) is 11.1 Å². The number of ether oxygens (including phenoxy) is 2. The highest BCUT2D eigenvalue weighted by Crippen LogP contribution is 2.44. The number of amides is 2. The normalized spacial score (nSPS) is 16.3. The molecule has 4 rings (SSSR count). The Balaban J connectivity index is 1.41. The van der Waals surface area contributed by atoms with Crippen molar-refractivity contribution in [2.45, 2.75) is 64.9 Å². The highest BCUT2D eigenvalue weighted by atomic mass is 16.6. The average molecular weight is 537 g/mol. The van der Waals surface area contributed by atoms with Crippen LogP contribution >= 0.6 is 0 Å². The zero-order chi connectivity index (χ0) is 28.2. The van der Waals surface area contributed by atoms with Crippen LogP contribution in [0.5, 0.6) is 0 Å². The molecular formula is C31H40N2O6. The van der Waals surface area contributed by atoms with Crippen molar-refractivity contribution in [2.24, 2.45) is 5.41 Å². The van der Waals surface area contributed by atoms with E-state index >= 15 is 0 Å². The van der Waals surface area contributed by atoms with Crippen LogP contribution in [0.4, 0.5) is 9.59 Å². The Hall–Kier alpha value is -3.55. The van der Waals surface area contributed by atoms with E-state index in [4.69, 9.17) is 14.6 Å². The van der Waals surface area contributed by atoms with E-state index in [1.54, 1.807) is 9.80 Å². The number of carboxylic acid groups (broad SMARTS) is 1. The summed E-state index contributed by atoms with van der Waals surface area (Å²) in [6.45, 7) is 9.69. The lowest BCUT2D eigenvalue weighted by atomic mass is 9.80. The van der Waals surface area contributed by atoms with Crippen LogP contribution in [0.25, 0.3) is 11.1 Å². The third kappa shape index (κ3) is 7.11. The molecule has 1 N–H and O–H groups in total. The van der Waals surface area contributed by atoms with Gasteiger partial charge in [0.1, 0.15) is 12.2 Å². The maximum Gasteiger partial charge on any atom is 0.410 e. The van der Waals surface area contributed by atoms with Gasteiger partial charge in [-0.15, -0.1) is 0 Å². The first-order chi connectivity index (χ1) is 18.5. The summed E-state index contributed by atoms with van der Waals surface area (Å²) in [5.74, 6) is -0.936. The Bertz CT molecular complexity index is 1150. The first kappa shape index (κ1) is 28.5. The quantitative estimate of drug-likeness (QED) is 0.435. The Morgan fingerprint density at radius 3 is 2.10 bits per heavy atom. The Morgan fingerprint density at radius 1 is 1.00 bits per heavy atom. The lowest BCUT2D eigenvalue weighted by Gasteiger charge is -2.42. The first-order valence-electron chi connectivity index (χ1n) is 13.8. The number of likely N-dealkylation sites (tertiary alicyclic amines) is 1. The number of piperidine rings is 1. The van der Waals surface area contributed by atoms with Crippen LogP contribution < -0.4 is 0 Å². The van der Waals surface area contributed by atoms with Crippen molar-refractivity contribution in [2.75, 3.05) is 32.8 Å². The van der Waals surface area contributed by atoms with Gasteiger partial charge in [-0.3, -0.25) is 4.79 Å². The zero-order valence-corrected chi connectivity index (χ0v) is 23.4. The molecule has 8 heteroatoms. The third-order valence-corrected chi connectivity index (χ3v) is 7.61. The van der Waals surface area contributed by atoms with Crippen LogP contribution in [0, 0.1) is 5.41 Å². The smallest absolute Gasteiger partial charge is 0.410 e. The van der Waals surface area contributed by atoms with Crippen LogP contribution in [-0.4, -0.2) is 71.4 Å². The molecule has 2 aromatic rings. The van der Waals surface area contributed by atoms with Gasteiger partial charge in [0.15, 0.2) is 0 Å². The zero-order valence-electron chi connectivity index (χ0n) is 23.4. The molecule has 1 saturated heterocycles. The Kier molecular flexibility index (Phi) is 8.52.